The Hall–Kier alpha value is -3.08. The predicted molar refractivity (Wildman–Crippen MR) is 138 cm³/mol. The number of primary amides is 1. The summed E-state index contributed by atoms with van der Waals surface area (Å²) < 4.78 is 5.59. The van der Waals surface area contributed by atoms with Gasteiger partial charge >= 0.3 is 12.0 Å². The van der Waals surface area contributed by atoms with Gasteiger partial charge in [0.2, 0.25) is 5.88 Å². The molecule has 1 atom stereocenters. The first-order valence-corrected chi connectivity index (χ1v) is 12.3. The molecule has 1 unspecified atom stereocenters. The van der Waals surface area contributed by atoms with Crippen LogP contribution >= 0.6 is 23.2 Å². The second-order valence-corrected chi connectivity index (χ2v) is 8.94. The maximum absolute atomic E-state index is 12.4. The number of carbonyl (C=O) groups is 3. The lowest BCUT2D eigenvalue weighted by Crippen LogP contribution is -2.37. The van der Waals surface area contributed by atoms with E-state index in [1.807, 2.05) is 17.9 Å². The molecule has 1 aromatic heterocycles. The fourth-order valence-electron chi connectivity index (χ4n) is 3.46. The van der Waals surface area contributed by atoms with Crippen LogP contribution in [0.5, 0.6) is 5.88 Å². The van der Waals surface area contributed by atoms with Crippen LogP contribution in [-0.2, 0) is 16.1 Å². The summed E-state index contributed by atoms with van der Waals surface area (Å²) in [6.07, 6.45) is 4.64. The normalized spacial score (nSPS) is 14.1. The van der Waals surface area contributed by atoms with Crippen LogP contribution in [0.15, 0.2) is 36.5 Å². The monoisotopic (exact) mass is 539 g/mol. The van der Waals surface area contributed by atoms with E-state index in [0.717, 1.165) is 31.5 Å². The molecule has 2 aromatic rings. The third-order valence-electron chi connectivity index (χ3n) is 5.16. The molecular formula is C24H31Cl2N5O5. The van der Waals surface area contributed by atoms with Crippen LogP contribution in [-0.4, -0.2) is 58.6 Å². The molecule has 0 saturated carbocycles. The number of hydrogen-bond acceptors (Lipinski definition) is 6. The Morgan fingerprint density at radius 3 is 2.53 bits per heavy atom. The number of ether oxygens (including phenoxy) is 1. The van der Waals surface area contributed by atoms with Gasteiger partial charge in [-0.05, 0) is 56.1 Å². The Labute approximate surface area is 220 Å². The number of amides is 3. The molecule has 36 heavy (non-hydrogen) atoms. The summed E-state index contributed by atoms with van der Waals surface area (Å²) >= 11 is 11.8. The lowest BCUT2D eigenvalue weighted by molar-refractivity contribution is -0.138. The van der Waals surface area contributed by atoms with E-state index in [0.29, 0.717) is 17.1 Å². The maximum atomic E-state index is 12.4. The van der Waals surface area contributed by atoms with Crippen molar-refractivity contribution in [1.29, 1.82) is 0 Å². The third kappa shape index (κ3) is 10.7. The van der Waals surface area contributed by atoms with E-state index in [1.165, 1.54) is 18.7 Å². The van der Waals surface area contributed by atoms with Crippen LogP contribution < -0.4 is 21.1 Å². The number of aliphatic carboxylic acids is 1. The number of nitrogens with zero attached hydrogens (tertiary/aromatic N) is 2. The number of halogens is 2. The number of benzene rings is 1. The molecule has 2 heterocycles. The molecular weight excluding hydrogens is 509 g/mol. The van der Waals surface area contributed by atoms with Gasteiger partial charge in [0.1, 0.15) is 5.02 Å². The highest BCUT2D eigenvalue weighted by Crippen LogP contribution is 2.25. The van der Waals surface area contributed by atoms with Crippen molar-refractivity contribution in [2.45, 2.75) is 45.3 Å². The Kier molecular flexibility index (Phi) is 12.2. The maximum Gasteiger partial charge on any atom is 0.317 e. The first kappa shape index (κ1) is 29.2. The number of carbonyl (C=O) groups excluding carboxylic acids is 2. The molecule has 196 valence electrons. The van der Waals surface area contributed by atoms with Crippen molar-refractivity contribution in [2.75, 3.05) is 25.0 Å². The van der Waals surface area contributed by atoms with Gasteiger partial charge < -0.3 is 26.2 Å². The lowest BCUT2D eigenvalue weighted by Gasteiger charge is -2.24. The average molecular weight is 540 g/mol. The van der Waals surface area contributed by atoms with Crippen molar-refractivity contribution in [3.63, 3.8) is 0 Å². The summed E-state index contributed by atoms with van der Waals surface area (Å²) in [4.78, 5) is 39.5. The summed E-state index contributed by atoms with van der Waals surface area (Å²) in [6, 6.07) is 7.81. The molecule has 12 heteroatoms. The van der Waals surface area contributed by atoms with Gasteiger partial charge in [-0.15, -0.1) is 0 Å². The van der Waals surface area contributed by atoms with Gasteiger partial charge in [0.05, 0.1) is 11.6 Å². The van der Waals surface area contributed by atoms with E-state index < -0.39 is 18.1 Å². The largest absolute Gasteiger partial charge is 0.480 e. The lowest BCUT2D eigenvalue weighted by atomic mass is 10.1. The number of aromatic nitrogens is 1. The van der Waals surface area contributed by atoms with Crippen molar-refractivity contribution in [3.8, 4) is 5.88 Å². The molecule has 10 nitrogen and oxygen atoms in total. The van der Waals surface area contributed by atoms with Gasteiger partial charge in [-0.25, -0.2) is 9.78 Å². The zero-order chi connectivity index (χ0) is 26.5. The number of urea groups is 1. The second-order valence-electron chi connectivity index (χ2n) is 8.09. The Morgan fingerprint density at radius 1 is 1.19 bits per heavy atom. The van der Waals surface area contributed by atoms with Gasteiger partial charge in [-0.2, -0.15) is 0 Å². The number of likely N-dealkylation sites (tertiary alicyclic amines) is 1. The zero-order valence-electron chi connectivity index (χ0n) is 20.0. The topological polar surface area (TPSA) is 147 Å². The van der Waals surface area contributed by atoms with Crippen LogP contribution in [0.4, 0.5) is 10.5 Å². The van der Waals surface area contributed by atoms with Crippen LogP contribution in [0.3, 0.4) is 0 Å². The number of nitrogens with two attached hydrogens (primary N) is 1. The molecule has 5 N–H and O–H groups in total. The standard InChI is InChI=1S/C17H18Cl2N4O3.C7H13NO2/c1-2-14(26-16-13(19)7-11(18)9-22-16)15(24)21-8-10-4-3-5-12(6-10)23-17(20)25;9-7(10)6-8-4-2-1-3-5-8/h3-7,9,14H,2,8H2,1H3,(H,21,24)(H3,20,23,25);1-6H2,(H,9,10). The molecule has 3 amide bonds. The quantitative estimate of drug-likeness (QED) is 0.377. The fourth-order valence-corrected chi connectivity index (χ4v) is 3.88. The predicted octanol–water partition coefficient (Wildman–Crippen LogP) is 3.91. The Bertz CT molecular complexity index is 1030. The minimum Gasteiger partial charge on any atom is -0.480 e. The fraction of sp³-hybridized carbons (Fsp3) is 0.417. The molecule has 0 radical (unpaired) electrons. The number of anilines is 1. The summed E-state index contributed by atoms with van der Waals surface area (Å²) in [5, 5.41) is 14.3. The van der Waals surface area contributed by atoms with Crippen LogP contribution in [0.2, 0.25) is 10.0 Å². The Balaban J connectivity index is 0.000000380. The van der Waals surface area contributed by atoms with Crippen molar-refractivity contribution >= 4 is 46.8 Å². The summed E-state index contributed by atoms with van der Waals surface area (Å²) in [7, 11) is 0. The first-order chi connectivity index (χ1) is 17.2. The molecule has 1 aliphatic rings. The molecule has 0 bridgehead atoms. The minimum atomic E-state index is -0.756. The van der Waals surface area contributed by atoms with Crippen molar-refractivity contribution < 1.29 is 24.2 Å². The number of nitrogens with one attached hydrogen (secondary N) is 2. The van der Waals surface area contributed by atoms with Crippen molar-refractivity contribution in [1.82, 2.24) is 15.2 Å². The third-order valence-corrected chi connectivity index (χ3v) is 5.64. The van der Waals surface area contributed by atoms with Crippen LogP contribution in [0.1, 0.15) is 38.2 Å². The summed E-state index contributed by atoms with van der Waals surface area (Å²) in [5.41, 5.74) is 6.43. The number of pyridine rings is 1. The van der Waals surface area contributed by atoms with Crippen molar-refractivity contribution in [2.24, 2.45) is 5.73 Å². The number of carboxylic acids is 1. The van der Waals surface area contributed by atoms with Gasteiger partial charge in [0, 0.05) is 18.4 Å². The molecule has 1 aliphatic heterocycles. The number of piperidine rings is 1. The highest BCUT2D eigenvalue weighted by Gasteiger charge is 2.20. The highest BCUT2D eigenvalue weighted by atomic mass is 35.5. The molecule has 1 aromatic carbocycles. The summed E-state index contributed by atoms with van der Waals surface area (Å²) in [6.45, 7) is 4.22. The summed E-state index contributed by atoms with van der Waals surface area (Å²) in [5.74, 6) is -0.874. The van der Waals surface area contributed by atoms with E-state index >= 15 is 0 Å². The zero-order valence-corrected chi connectivity index (χ0v) is 21.5. The molecule has 1 saturated heterocycles. The number of carboxylic acid groups (broad SMARTS) is 1. The molecule has 3 rings (SSSR count). The van der Waals surface area contributed by atoms with Gasteiger partial charge in [-0.1, -0.05) is 48.7 Å². The SMILES string of the molecule is CCC(Oc1ncc(Cl)cc1Cl)C(=O)NCc1cccc(NC(N)=O)c1.O=C(O)CN1CCCCC1. The number of hydrogen-bond donors (Lipinski definition) is 4. The van der Waals surface area contributed by atoms with E-state index in [4.69, 9.17) is 38.8 Å². The average Bonchev–Trinajstić information content (AvgIpc) is 2.82. The second kappa shape index (κ2) is 15.1. The first-order valence-electron chi connectivity index (χ1n) is 11.5. The molecule has 0 spiro atoms. The van der Waals surface area contributed by atoms with E-state index in [-0.39, 0.29) is 29.9 Å². The van der Waals surface area contributed by atoms with Gasteiger partial charge in [0.25, 0.3) is 5.91 Å². The number of rotatable bonds is 9. The van der Waals surface area contributed by atoms with E-state index in [1.54, 1.807) is 18.2 Å². The van der Waals surface area contributed by atoms with Gasteiger partial charge in [0.15, 0.2) is 6.10 Å². The highest BCUT2D eigenvalue weighted by molar-refractivity contribution is 6.35. The van der Waals surface area contributed by atoms with E-state index in [2.05, 4.69) is 15.6 Å². The Morgan fingerprint density at radius 2 is 1.92 bits per heavy atom. The molecule has 1 fully saturated rings. The smallest absolute Gasteiger partial charge is 0.317 e. The van der Waals surface area contributed by atoms with Gasteiger partial charge in [-0.3, -0.25) is 14.5 Å². The van der Waals surface area contributed by atoms with Crippen molar-refractivity contribution in [3.05, 3.63) is 52.1 Å². The minimum absolute atomic E-state index is 0.144. The van der Waals surface area contributed by atoms with Crippen LogP contribution in [0, 0.1) is 0 Å². The molecule has 0 aliphatic carbocycles. The van der Waals surface area contributed by atoms with E-state index in [9.17, 15) is 14.4 Å². The van der Waals surface area contributed by atoms with Crippen LogP contribution in [0.25, 0.3) is 0 Å².